The number of ether oxygens (including phenoxy) is 1. The summed E-state index contributed by atoms with van der Waals surface area (Å²) in [6, 6.07) is 7.79. The Morgan fingerprint density at radius 1 is 1.41 bits per heavy atom. The Bertz CT molecular complexity index is 388. The van der Waals surface area contributed by atoms with Crippen LogP contribution in [-0.2, 0) is 10.2 Å². The van der Waals surface area contributed by atoms with Gasteiger partial charge in [0.05, 0.1) is 13.7 Å². The van der Waals surface area contributed by atoms with Crippen molar-refractivity contribution in [2.75, 3.05) is 20.2 Å². The van der Waals surface area contributed by atoms with E-state index in [1.807, 2.05) is 24.3 Å². The summed E-state index contributed by atoms with van der Waals surface area (Å²) in [4.78, 5) is 10.5. The van der Waals surface area contributed by atoms with Gasteiger partial charge in [0.15, 0.2) is 0 Å². The minimum absolute atomic E-state index is 0.0292. The maximum absolute atomic E-state index is 10.5. The van der Waals surface area contributed by atoms with Gasteiger partial charge in [0, 0.05) is 17.5 Å². The molecule has 94 valence electrons. The van der Waals surface area contributed by atoms with Crippen LogP contribution in [0.25, 0.3) is 0 Å². The van der Waals surface area contributed by atoms with Crippen molar-refractivity contribution < 1.29 is 14.6 Å². The summed E-state index contributed by atoms with van der Waals surface area (Å²) in [7, 11) is 1.64. The molecule has 0 atom stereocenters. The van der Waals surface area contributed by atoms with Gasteiger partial charge in [0.1, 0.15) is 5.75 Å². The van der Waals surface area contributed by atoms with E-state index in [4.69, 9.17) is 9.84 Å². The van der Waals surface area contributed by atoms with Gasteiger partial charge in [-0.2, -0.15) is 0 Å². The Morgan fingerprint density at radius 2 is 2.06 bits per heavy atom. The Kier molecular flexibility index (Phi) is 4.52. The molecular formula is C13H19NO3. The Morgan fingerprint density at radius 3 is 2.65 bits per heavy atom. The van der Waals surface area contributed by atoms with Gasteiger partial charge in [-0.25, -0.2) is 0 Å². The van der Waals surface area contributed by atoms with Gasteiger partial charge in [-0.3, -0.25) is 4.79 Å². The maximum Gasteiger partial charge on any atom is 0.317 e. The van der Waals surface area contributed by atoms with Crippen molar-refractivity contribution in [3.63, 3.8) is 0 Å². The molecule has 0 heterocycles. The summed E-state index contributed by atoms with van der Waals surface area (Å²) in [5, 5.41) is 11.5. The number of nitrogens with one attached hydrogen (secondary N) is 1. The second-order valence-electron chi connectivity index (χ2n) is 4.58. The predicted octanol–water partition coefficient (Wildman–Crippen LogP) is 1.65. The smallest absolute Gasteiger partial charge is 0.317 e. The summed E-state index contributed by atoms with van der Waals surface area (Å²) in [6.45, 7) is 4.66. The third kappa shape index (κ3) is 3.75. The molecule has 0 amide bonds. The minimum Gasteiger partial charge on any atom is -0.496 e. The molecular weight excluding hydrogens is 218 g/mol. The summed E-state index contributed by atoms with van der Waals surface area (Å²) >= 11 is 0. The zero-order chi connectivity index (χ0) is 12.9. The molecule has 2 N–H and O–H groups in total. The lowest BCUT2D eigenvalue weighted by Crippen LogP contribution is -2.36. The van der Waals surface area contributed by atoms with E-state index < -0.39 is 5.97 Å². The average Bonchev–Trinajstić information content (AvgIpc) is 2.28. The molecule has 0 spiro atoms. The third-order valence-electron chi connectivity index (χ3n) is 2.68. The van der Waals surface area contributed by atoms with Crippen LogP contribution in [0.15, 0.2) is 24.3 Å². The Labute approximate surface area is 102 Å². The molecule has 0 aliphatic rings. The summed E-state index contributed by atoms with van der Waals surface area (Å²) in [5.41, 5.74) is 0.891. The number of hydrogen-bond acceptors (Lipinski definition) is 3. The van der Waals surface area contributed by atoms with Crippen LogP contribution in [0.5, 0.6) is 5.75 Å². The highest BCUT2D eigenvalue weighted by Crippen LogP contribution is 2.30. The molecule has 4 nitrogen and oxygen atoms in total. The van der Waals surface area contributed by atoms with Gasteiger partial charge >= 0.3 is 5.97 Å². The lowest BCUT2D eigenvalue weighted by molar-refractivity contribution is -0.136. The Balaban J connectivity index is 2.77. The molecule has 1 rings (SSSR count). The lowest BCUT2D eigenvalue weighted by atomic mass is 9.84. The molecule has 0 fully saturated rings. The molecule has 0 aromatic heterocycles. The largest absolute Gasteiger partial charge is 0.496 e. The Hall–Kier alpha value is -1.55. The second-order valence-corrected chi connectivity index (χ2v) is 4.58. The summed E-state index contributed by atoms with van der Waals surface area (Å²) < 4.78 is 5.31. The summed E-state index contributed by atoms with van der Waals surface area (Å²) in [5.74, 6) is -0.0181. The molecule has 0 radical (unpaired) electrons. The molecule has 17 heavy (non-hydrogen) atoms. The number of benzene rings is 1. The van der Waals surface area contributed by atoms with Gasteiger partial charge in [-0.05, 0) is 6.07 Å². The van der Waals surface area contributed by atoms with Crippen molar-refractivity contribution in [2.45, 2.75) is 19.3 Å². The maximum atomic E-state index is 10.5. The quantitative estimate of drug-likeness (QED) is 0.789. The molecule has 0 bridgehead atoms. The third-order valence-corrected chi connectivity index (χ3v) is 2.68. The van der Waals surface area contributed by atoms with Crippen LogP contribution in [0.2, 0.25) is 0 Å². The first-order valence-electron chi connectivity index (χ1n) is 5.53. The van der Waals surface area contributed by atoms with Gasteiger partial charge in [0.2, 0.25) is 0 Å². The van der Waals surface area contributed by atoms with Crippen molar-refractivity contribution in [1.29, 1.82) is 0 Å². The first-order valence-corrected chi connectivity index (χ1v) is 5.53. The van der Waals surface area contributed by atoms with Crippen molar-refractivity contribution in [3.8, 4) is 5.75 Å². The van der Waals surface area contributed by atoms with Crippen molar-refractivity contribution in [1.82, 2.24) is 5.32 Å². The van der Waals surface area contributed by atoms with Crippen LogP contribution in [0.1, 0.15) is 19.4 Å². The monoisotopic (exact) mass is 237 g/mol. The van der Waals surface area contributed by atoms with E-state index in [-0.39, 0.29) is 12.0 Å². The number of aliphatic carboxylic acids is 1. The first-order chi connectivity index (χ1) is 7.97. The zero-order valence-corrected chi connectivity index (χ0v) is 10.5. The van der Waals surface area contributed by atoms with E-state index in [9.17, 15) is 4.79 Å². The van der Waals surface area contributed by atoms with Gasteiger partial charge in [-0.1, -0.05) is 32.0 Å². The normalized spacial score (nSPS) is 11.2. The molecule has 0 unspecified atom stereocenters. The molecule has 0 saturated carbocycles. The number of para-hydroxylation sites is 1. The number of methoxy groups -OCH3 is 1. The molecule has 1 aromatic carbocycles. The SMILES string of the molecule is COc1ccccc1C(C)(C)CNCC(=O)O. The van der Waals surface area contributed by atoms with Crippen LogP contribution in [-0.4, -0.2) is 31.3 Å². The number of hydrogen-bond donors (Lipinski definition) is 2. The van der Waals surface area contributed by atoms with E-state index in [1.54, 1.807) is 7.11 Å². The fourth-order valence-electron chi connectivity index (χ4n) is 1.78. The topological polar surface area (TPSA) is 58.6 Å². The van der Waals surface area contributed by atoms with E-state index >= 15 is 0 Å². The highest BCUT2D eigenvalue weighted by Gasteiger charge is 2.23. The van der Waals surface area contributed by atoms with E-state index in [1.165, 1.54) is 0 Å². The van der Waals surface area contributed by atoms with E-state index in [0.717, 1.165) is 11.3 Å². The fourth-order valence-corrected chi connectivity index (χ4v) is 1.78. The molecule has 0 saturated heterocycles. The van der Waals surface area contributed by atoms with Gasteiger partial charge in [0.25, 0.3) is 0 Å². The van der Waals surface area contributed by atoms with Crippen LogP contribution in [0.3, 0.4) is 0 Å². The van der Waals surface area contributed by atoms with Crippen LogP contribution >= 0.6 is 0 Å². The number of rotatable bonds is 6. The first kappa shape index (κ1) is 13.5. The fraction of sp³-hybridized carbons (Fsp3) is 0.462. The average molecular weight is 237 g/mol. The number of carboxylic acid groups (broad SMARTS) is 1. The standard InChI is InChI=1S/C13H19NO3/c1-13(2,9-14-8-12(15)16)10-6-4-5-7-11(10)17-3/h4-7,14H,8-9H2,1-3H3,(H,15,16). The zero-order valence-electron chi connectivity index (χ0n) is 10.5. The van der Waals surface area contributed by atoms with Gasteiger partial charge in [-0.15, -0.1) is 0 Å². The van der Waals surface area contributed by atoms with Crippen LogP contribution in [0.4, 0.5) is 0 Å². The van der Waals surface area contributed by atoms with Gasteiger partial charge < -0.3 is 15.2 Å². The van der Waals surface area contributed by atoms with E-state index in [2.05, 4.69) is 19.2 Å². The highest BCUT2D eigenvalue weighted by atomic mass is 16.5. The van der Waals surface area contributed by atoms with E-state index in [0.29, 0.717) is 6.54 Å². The highest BCUT2D eigenvalue weighted by molar-refractivity contribution is 5.69. The minimum atomic E-state index is -0.846. The van der Waals surface area contributed by atoms with Crippen molar-refractivity contribution in [3.05, 3.63) is 29.8 Å². The number of carbonyl (C=O) groups is 1. The van der Waals surface area contributed by atoms with Crippen molar-refractivity contribution in [2.24, 2.45) is 0 Å². The van der Waals surface area contributed by atoms with Crippen LogP contribution in [0, 0.1) is 0 Å². The molecule has 1 aromatic rings. The van der Waals surface area contributed by atoms with Crippen molar-refractivity contribution >= 4 is 5.97 Å². The lowest BCUT2D eigenvalue weighted by Gasteiger charge is -2.27. The van der Waals surface area contributed by atoms with Crippen LogP contribution < -0.4 is 10.1 Å². The second kappa shape index (κ2) is 5.68. The summed E-state index contributed by atoms with van der Waals surface area (Å²) in [6.07, 6.45) is 0. The molecule has 4 heteroatoms. The predicted molar refractivity (Wildman–Crippen MR) is 66.5 cm³/mol. The molecule has 0 aliphatic carbocycles. The number of carboxylic acids is 1. The molecule has 0 aliphatic heterocycles.